The predicted molar refractivity (Wildman–Crippen MR) is 32.9 cm³/mol. The van der Waals surface area contributed by atoms with Crippen molar-refractivity contribution < 1.29 is 9.53 Å². The number of esters is 1. The van der Waals surface area contributed by atoms with Crippen LogP contribution in [0, 0.1) is 17.2 Å². The Kier molecular flexibility index (Phi) is 1.88. The minimum Gasteiger partial charge on any atom is -0.469 e. The lowest BCUT2D eigenvalue weighted by atomic mass is 9.93. The third-order valence-electron chi connectivity index (χ3n) is 1.60. The third-order valence-corrected chi connectivity index (χ3v) is 1.60. The lowest BCUT2D eigenvalue weighted by Gasteiger charge is -2.30. The molecular formula is C6H8N2O2. The summed E-state index contributed by atoms with van der Waals surface area (Å²) < 4.78 is 4.46. The molecule has 0 aliphatic carbocycles. The molecule has 0 aromatic carbocycles. The highest BCUT2D eigenvalue weighted by Crippen LogP contribution is 2.13. The van der Waals surface area contributed by atoms with Gasteiger partial charge in [-0.25, -0.2) is 0 Å². The maximum Gasteiger partial charge on any atom is 0.312 e. The van der Waals surface area contributed by atoms with Crippen molar-refractivity contribution in [3.8, 4) is 6.07 Å². The minimum absolute atomic E-state index is 0.255. The standard InChI is InChI=1S/C6H8N2O2/c1-10-6(9)4-3-8-5(4)2-7/h4-5,8H,3H2,1H3. The van der Waals surface area contributed by atoms with Crippen molar-refractivity contribution in [2.45, 2.75) is 6.04 Å². The molecule has 1 rings (SSSR count). The molecule has 0 radical (unpaired) electrons. The van der Waals surface area contributed by atoms with E-state index in [4.69, 9.17) is 5.26 Å². The van der Waals surface area contributed by atoms with Gasteiger partial charge in [-0.2, -0.15) is 5.26 Å². The summed E-state index contributed by atoms with van der Waals surface area (Å²) in [4.78, 5) is 10.8. The van der Waals surface area contributed by atoms with Gasteiger partial charge in [-0.1, -0.05) is 0 Å². The average molecular weight is 140 g/mol. The molecule has 10 heavy (non-hydrogen) atoms. The number of nitrogens with zero attached hydrogens (tertiary/aromatic N) is 1. The zero-order valence-electron chi connectivity index (χ0n) is 5.63. The van der Waals surface area contributed by atoms with Crippen LogP contribution in [0.2, 0.25) is 0 Å². The summed E-state index contributed by atoms with van der Waals surface area (Å²) in [5, 5.41) is 11.2. The molecule has 2 unspecified atom stereocenters. The molecule has 0 aromatic heterocycles. The second-order valence-corrected chi connectivity index (χ2v) is 2.14. The van der Waals surface area contributed by atoms with Crippen LogP contribution in [0.25, 0.3) is 0 Å². The quantitative estimate of drug-likeness (QED) is 0.488. The number of nitriles is 1. The molecule has 4 heteroatoms. The minimum atomic E-state index is -0.340. The Labute approximate surface area is 58.8 Å². The topological polar surface area (TPSA) is 62.1 Å². The van der Waals surface area contributed by atoms with Crippen LogP contribution in [0.15, 0.2) is 0 Å². The number of ether oxygens (including phenoxy) is 1. The van der Waals surface area contributed by atoms with Crippen LogP contribution in [-0.4, -0.2) is 25.7 Å². The molecule has 0 spiro atoms. The molecule has 0 saturated carbocycles. The average Bonchev–Trinajstić information content (AvgIpc) is 1.86. The van der Waals surface area contributed by atoms with E-state index in [2.05, 4.69) is 10.1 Å². The van der Waals surface area contributed by atoms with Crippen LogP contribution >= 0.6 is 0 Å². The molecule has 4 nitrogen and oxygen atoms in total. The lowest BCUT2D eigenvalue weighted by molar-refractivity contribution is -0.148. The molecule has 1 aliphatic heterocycles. The molecule has 0 amide bonds. The number of methoxy groups -OCH3 is 1. The van der Waals surface area contributed by atoms with Gasteiger partial charge < -0.3 is 10.1 Å². The van der Waals surface area contributed by atoms with E-state index in [1.165, 1.54) is 7.11 Å². The molecule has 0 aromatic rings. The van der Waals surface area contributed by atoms with Crippen LogP contribution in [0.3, 0.4) is 0 Å². The Morgan fingerprint density at radius 1 is 1.90 bits per heavy atom. The van der Waals surface area contributed by atoms with E-state index >= 15 is 0 Å². The van der Waals surface area contributed by atoms with E-state index in [9.17, 15) is 4.79 Å². The summed E-state index contributed by atoms with van der Waals surface area (Å²) in [7, 11) is 1.33. The van der Waals surface area contributed by atoms with Gasteiger partial charge in [-0.05, 0) is 0 Å². The molecule has 54 valence electrons. The van der Waals surface area contributed by atoms with Gasteiger partial charge in [-0.15, -0.1) is 0 Å². The first kappa shape index (κ1) is 7.03. The predicted octanol–water partition coefficient (Wildman–Crippen LogP) is -0.729. The van der Waals surface area contributed by atoms with Gasteiger partial charge in [0.25, 0.3) is 0 Å². The van der Waals surface area contributed by atoms with Crippen LogP contribution in [0.5, 0.6) is 0 Å². The zero-order chi connectivity index (χ0) is 7.56. The molecule has 1 N–H and O–H groups in total. The van der Waals surface area contributed by atoms with Crippen molar-refractivity contribution in [1.29, 1.82) is 5.26 Å². The van der Waals surface area contributed by atoms with Crippen LogP contribution in [0.4, 0.5) is 0 Å². The van der Waals surface area contributed by atoms with E-state index in [0.717, 1.165) is 0 Å². The number of nitrogens with one attached hydrogen (secondary N) is 1. The molecule has 2 atom stereocenters. The zero-order valence-corrected chi connectivity index (χ0v) is 5.63. The SMILES string of the molecule is COC(=O)C1CNC1C#N. The van der Waals surface area contributed by atoms with Gasteiger partial charge in [0.15, 0.2) is 0 Å². The fourth-order valence-electron chi connectivity index (χ4n) is 0.860. The maximum absolute atomic E-state index is 10.8. The summed E-state index contributed by atoms with van der Waals surface area (Å²) in [6.07, 6.45) is 0. The number of hydrogen-bond donors (Lipinski definition) is 1. The van der Waals surface area contributed by atoms with E-state index in [1.54, 1.807) is 0 Å². The molecule has 1 heterocycles. The van der Waals surface area contributed by atoms with Crippen molar-refractivity contribution in [3.05, 3.63) is 0 Å². The maximum atomic E-state index is 10.8. The van der Waals surface area contributed by atoms with Crippen molar-refractivity contribution in [3.63, 3.8) is 0 Å². The second kappa shape index (κ2) is 2.67. The first-order valence-corrected chi connectivity index (χ1v) is 3.00. The Bertz CT molecular complexity index is 185. The third kappa shape index (κ3) is 0.957. The fraction of sp³-hybridized carbons (Fsp3) is 0.667. The number of carbonyl (C=O) groups excluding carboxylic acids is 1. The lowest BCUT2D eigenvalue weighted by Crippen LogP contribution is -2.55. The summed E-state index contributed by atoms with van der Waals surface area (Å²) in [5.41, 5.74) is 0. The molecule has 1 fully saturated rings. The van der Waals surface area contributed by atoms with E-state index in [1.807, 2.05) is 6.07 Å². The van der Waals surface area contributed by atoms with E-state index < -0.39 is 0 Å². The number of carbonyl (C=O) groups is 1. The number of rotatable bonds is 1. The monoisotopic (exact) mass is 140 g/mol. The molecule has 0 bridgehead atoms. The summed E-state index contributed by atoms with van der Waals surface area (Å²) in [5.74, 6) is -0.555. The van der Waals surface area contributed by atoms with Gasteiger partial charge in [-0.3, -0.25) is 4.79 Å². The smallest absolute Gasteiger partial charge is 0.312 e. The Morgan fingerprint density at radius 2 is 2.60 bits per heavy atom. The highest BCUT2D eigenvalue weighted by molar-refractivity contribution is 5.75. The van der Waals surface area contributed by atoms with Crippen molar-refractivity contribution in [2.24, 2.45) is 5.92 Å². The van der Waals surface area contributed by atoms with Gasteiger partial charge in [0.2, 0.25) is 0 Å². The Morgan fingerprint density at radius 3 is 2.90 bits per heavy atom. The fourth-order valence-corrected chi connectivity index (χ4v) is 0.860. The summed E-state index contributed by atoms with van der Waals surface area (Å²) in [6, 6.07) is 1.61. The first-order chi connectivity index (χ1) is 4.79. The van der Waals surface area contributed by atoms with Gasteiger partial charge >= 0.3 is 5.97 Å². The van der Waals surface area contributed by atoms with Crippen LogP contribution in [0.1, 0.15) is 0 Å². The summed E-state index contributed by atoms with van der Waals surface area (Å²) in [6.45, 7) is 0.560. The van der Waals surface area contributed by atoms with Gasteiger partial charge in [0.1, 0.15) is 6.04 Å². The Hall–Kier alpha value is -1.08. The molecular weight excluding hydrogens is 132 g/mol. The summed E-state index contributed by atoms with van der Waals surface area (Å²) >= 11 is 0. The largest absolute Gasteiger partial charge is 0.469 e. The molecule has 1 aliphatic rings. The van der Waals surface area contributed by atoms with Crippen LogP contribution < -0.4 is 5.32 Å². The van der Waals surface area contributed by atoms with Crippen molar-refractivity contribution >= 4 is 5.97 Å². The Balaban J connectivity index is 2.44. The van der Waals surface area contributed by atoms with Crippen molar-refractivity contribution in [1.82, 2.24) is 5.32 Å². The van der Waals surface area contributed by atoms with Crippen LogP contribution in [-0.2, 0) is 9.53 Å². The van der Waals surface area contributed by atoms with Gasteiger partial charge in [0, 0.05) is 6.54 Å². The van der Waals surface area contributed by atoms with Gasteiger partial charge in [0.05, 0.1) is 19.1 Å². The van der Waals surface area contributed by atoms with E-state index in [0.29, 0.717) is 6.54 Å². The molecule has 1 saturated heterocycles. The first-order valence-electron chi connectivity index (χ1n) is 3.00. The second-order valence-electron chi connectivity index (χ2n) is 2.14. The van der Waals surface area contributed by atoms with Crippen molar-refractivity contribution in [2.75, 3.05) is 13.7 Å². The highest BCUT2D eigenvalue weighted by Gasteiger charge is 2.36. The number of hydrogen-bond acceptors (Lipinski definition) is 4. The van der Waals surface area contributed by atoms with E-state index in [-0.39, 0.29) is 17.9 Å². The normalized spacial score (nSPS) is 30.0. The highest BCUT2D eigenvalue weighted by atomic mass is 16.5.